The van der Waals surface area contributed by atoms with E-state index < -0.39 is 5.97 Å². The Morgan fingerprint density at radius 2 is 1.97 bits per heavy atom. The van der Waals surface area contributed by atoms with Gasteiger partial charge in [-0.25, -0.2) is 9.78 Å². The van der Waals surface area contributed by atoms with Crippen LogP contribution in [0.25, 0.3) is 0 Å². The lowest BCUT2D eigenvalue weighted by molar-refractivity contribution is -0.122. The van der Waals surface area contributed by atoms with Crippen molar-refractivity contribution in [3.63, 3.8) is 0 Å². The molecule has 8 heteroatoms. The standard InChI is InChI=1S/C29H38N2O4S2/c1-7-19(2)8-9-20(3)26(32)31(21-10-12-22(13-11-21)35-28-30-16-17-36-28)24-18-23(14-15-29(4,5)6)37-25(24)27(33)34/h7,16-22H,1,8-13H2,2-6H3,(H,33,34). The van der Waals surface area contributed by atoms with Crippen molar-refractivity contribution in [1.82, 2.24) is 4.98 Å². The summed E-state index contributed by atoms with van der Waals surface area (Å²) < 4.78 is 6.03. The lowest BCUT2D eigenvalue weighted by atomic mass is 9.89. The third kappa shape index (κ3) is 8.18. The Hall–Kier alpha value is -2.63. The maximum Gasteiger partial charge on any atom is 0.348 e. The topological polar surface area (TPSA) is 79.7 Å². The minimum Gasteiger partial charge on any atom is -0.477 e. The third-order valence-electron chi connectivity index (χ3n) is 6.53. The first-order valence-corrected chi connectivity index (χ1v) is 14.6. The fourth-order valence-electron chi connectivity index (χ4n) is 4.34. The molecule has 2 heterocycles. The molecular formula is C29H38N2O4S2. The van der Waals surface area contributed by atoms with Crippen molar-refractivity contribution in [1.29, 1.82) is 0 Å². The maximum atomic E-state index is 13.9. The molecule has 2 atom stereocenters. The molecule has 0 spiro atoms. The molecule has 1 N–H and O–H groups in total. The van der Waals surface area contributed by atoms with Gasteiger partial charge in [-0.2, -0.15) is 0 Å². The van der Waals surface area contributed by atoms with Crippen LogP contribution in [-0.4, -0.2) is 34.1 Å². The zero-order valence-corrected chi connectivity index (χ0v) is 24.1. The van der Waals surface area contributed by atoms with Crippen molar-refractivity contribution in [3.8, 4) is 17.0 Å². The second-order valence-corrected chi connectivity index (χ2v) is 12.8. The molecule has 6 nitrogen and oxygen atoms in total. The van der Waals surface area contributed by atoms with Gasteiger partial charge in [0.05, 0.1) is 10.6 Å². The van der Waals surface area contributed by atoms with E-state index in [0.29, 0.717) is 28.1 Å². The zero-order valence-electron chi connectivity index (χ0n) is 22.5. The summed E-state index contributed by atoms with van der Waals surface area (Å²) in [5, 5.41) is 12.6. The molecule has 3 rings (SSSR count). The zero-order chi connectivity index (χ0) is 27.2. The van der Waals surface area contributed by atoms with Crippen LogP contribution in [0.5, 0.6) is 5.19 Å². The highest BCUT2D eigenvalue weighted by molar-refractivity contribution is 7.15. The second-order valence-electron chi connectivity index (χ2n) is 10.9. The molecule has 1 aliphatic rings. The molecule has 1 saturated carbocycles. The summed E-state index contributed by atoms with van der Waals surface area (Å²) >= 11 is 2.61. The number of carboxylic acid groups (broad SMARTS) is 1. The molecule has 37 heavy (non-hydrogen) atoms. The molecule has 200 valence electrons. The highest BCUT2D eigenvalue weighted by Crippen LogP contribution is 2.37. The van der Waals surface area contributed by atoms with Crippen molar-refractivity contribution < 1.29 is 19.4 Å². The number of aromatic nitrogens is 1. The first-order valence-electron chi connectivity index (χ1n) is 12.9. The predicted molar refractivity (Wildman–Crippen MR) is 152 cm³/mol. The van der Waals surface area contributed by atoms with Crippen LogP contribution in [0, 0.1) is 29.1 Å². The van der Waals surface area contributed by atoms with Gasteiger partial charge in [0.15, 0.2) is 0 Å². The summed E-state index contributed by atoms with van der Waals surface area (Å²) in [4.78, 5) is 33.0. The molecular weight excluding hydrogens is 504 g/mol. The Balaban J connectivity index is 1.90. The van der Waals surface area contributed by atoms with Gasteiger partial charge in [-0.1, -0.05) is 43.1 Å². The number of amides is 1. The molecule has 0 saturated heterocycles. The number of rotatable bonds is 10. The molecule has 0 bridgehead atoms. The van der Waals surface area contributed by atoms with Gasteiger partial charge in [0.1, 0.15) is 11.0 Å². The van der Waals surface area contributed by atoms with E-state index >= 15 is 0 Å². The Morgan fingerprint density at radius 1 is 1.27 bits per heavy atom. The minimum atomic E-state index is -1.03. The number of aromatic carboxylic acids is 1. The number of anilines is 1. The molecule has 0 aliphatic heterocycles. The molecule has 2 aromatic rings. The predicted octanol–water partition coefficient (Wildman–Crippen LogP) is 7.26. The lowest BCUT2D eigenvalue weighted by Gasteiger charge is -2.38. The SMILES string of the molecule is C=CC(C)CCC(C)C(=O)N(c1cc(C#CC(C)(C)C)sc1C(=O)O)C1CCC(Oc2nccs2)CC1. The number of hydrogen-bond acceptors (Lipinski definition) is 6. The molecule has 1 fully saturated rings. The fourth-order valence-corrected chi connectivity index (χ4v) is 5.74. The van der Waals surface area contributed by atoms with Crippen LogP contribution in [-0.2, 0) is 4.79 Å². The Bertz CT molecular complexity index is 1130. The fraction of sp³-hybridized carbons (Fsp3) is 0.552. The van der Waals surface area contributed by atoms with E-state index in [2.05, 4.69) is 30.3 Å². The number of thiazole rings is 1. The van der Waals surface area contributed by atoms with Crippen LogP contribution in [0.2, 0.25) is 0 Å². The van der Waals surface area contributed by atoms with Crippen LogP contribution in [0.1, 0.15) is 87.7 Å². The number of carbonyl (C=O) groups excluding carboxylic acids is 1. The number of hydrogen-bond donors (Lipinski definition) is 1. The second kappa shape index (κ2) is 12.7. The largest absolute Gasteiger partial charge is 0.477 e. The van der Waals surface area contributed by atoms with Gasteiger partial charge < -0.3 is 14.7 Å². The Morgan fingerprint density at radius 3 is 2.54 bits per heavy atom. The van der Waals surface area contributed by atoms with E-state index in [-0.39, 0.29) is 34.3 Å². The number of carbonyl (C=O) groups is 2. The van der Waals surface area contributed by atoms with E-state index in [0.717, 1.165) is 43.4 Å². The summed E-state index contributed by atoms with van der Waals surface area (Å²) in [7, 11) is 0. The summed E-state index contributed by atoms with van der Waals surface area (Å²) in [5.41, 5.74) is 0.253. The van der Waals surface area contributed by atoms with E-state index in [9.17, 15) is 14.7 Å². The van der Waals surface area contributed by atoms with Crippen LogP contribution in [0.4, 0.5) is 5.69 Å². The van der Waals surface area contributed by atoms with Crippen molar-refractivity contribution in [3.05, 3.63) is 40.1 Å². The van der Waals surface area contributed by atoms with Crippen LogP contribution < -0.4 is 9.64 Å². The summed E-state index contributed by atoms with van der Waals surface area (Å²) in [6, 6.07) is 1.70. The van der Waals surface area contributed by atoms with Gasteiger partial charge >= 0.3 is 5.97 Å². The van der Waals surface area contributed by atoms with Crippen LogP contribution in [0.3, 0.4) is 0 Å². The van der Waals surface area contributed by atoms with Gasteiger partial charge in [0.25, 0.3) is 5.19 Å². The van der Waals surface area contributed by atoms with Gasteiger partial charge in [0, 0.05) is 29.0 Å². The summed E-state index contributed by atoms with van der Waals surface area (Å²) in [6.07, 6.45) is 8.26. The third-order valence-corrected chi connectivity index (χ3v) is 8.22. The smallest absolute Gasteiger partial charge is 0.348 e. The Labute approximate surface area is 228 Å². The highest BCUT2D eigenvalue weighted by atomic mass is 32.1. The maximum absolute atomic E-state index is 13.9. The number of thiophene rings is 1. The van der Waals surface area contributed by atoms with E-state index in [1.54, 1.807) is 17.2 Å². The molecule has 2 unspecified atom stereocenters. The first-order chi connectivity index (χ1) is 17.5. The van der Waals surface area contributed by atoms with Gasteiger partial charge in [-0.3, -0.25) is 4.79 Å². The highest BCUT2D eigenvalue weighted by Gasteiger charge is 2.36. The van der Waals surface area contributed by atoms with Crippen molar-refractivity contribution in [2.24, 2.45) is 17.3 Å². The Kier molecular flexibility index (Phi) is 9.97. The number of nitrogens with zero attached hydrogens (tertiary/aromatic N) is 2. The molecule has 1 aliphatic carbocycles. The van der Waals surface area contributed by atoms with Crippen molar-refractivity contribution in [2.75, 3.05) is 4.90 Å². The average Bonchev–Trinajstić information content (AvgIpc) is 3.52. The summed E-state index contributed by atoms with van der Waals surface area (Å²) in [6.45, 7) is 13.9. The molecule has 0 aromatic carbocycles. The van der Waals surface area contributed by atoms with Crippen molar-refractivity contribution in [2.45, 2.75) is 85.3 Å². The van der Waals surface area contributed by atoms with Gasteiger partial charge in [-0.05, 0) is 71.3 Å². The van der Waals surface area contributed by atoms with Crippen molar-refractivity contribution >= 4 is 40.2 Å². The number of allylic oxidation sites excluding steroid dienone is 1. The lowest BCUT2D eigenvalue weighted by Crippen LogP contribution is -2.46. The quantitative estimate of drug-likeness (QED) is 0.252. The van der Waals surface area contributed by atoms with E-state index in [4.69, 9.17) is 4.74 Å². The first kappa shape index (κ1) is 28.9. The number of ether oxygens (including phenoxy) is 1. The number of carboxylic acids is 1. The van der Waals surface area contributed by atoms with E-state index in [1.165, 1.54) is 11.3 Å². The average molecular weight is 543 g/mol. The van der Waals surface area contributed by atoms with E-state index in [1.807, 2.05) is 39.2 Å². The summed E-state index contributed by atoms with van der Waals surface area (Å²) in [5.74, 6) is 5.34. The normalized spacial score (nSPS) is 19.3. The van der Waals surface area contributed by atoms with Gasteiger partial charge in [0.2, 0.25) is 5.91 Å². The molecule has 1 amide bonds. The van der Waals surface area contributed by atoms with Crippen LogP contribution in [0.15, 0.2) is 30.3 Å². The van der Waals surface area contributed by atoms with Crippen LogP contribution >= 0.6 is 22.7 Å². The molecule has 0 radical (unpaired) electrons. The monoisotopic (exact) mass is 542 g/mol. The minimum absolute atomic E-state index is 0.0313. The van der Waals surface area contributed by atoms with Gasteiger partial charge in [-0.15, -0.1) is 17.9 Å². The molecule has 2 aromatic heterocycles.